The van der Waals surface area contributed by atoms with E-state index in [2.05, 4.69) is 23.1 Å². The van der Waals surface area contributed by atoms with Crippen LogP contribution >= 0.6 is 9.24 Å². The first-order valence-electron chi connectivity index (χ1n) is 4.64. The predicted octanol–water partition coefficient (Wildman–Crippen LogP) is 2.69. The Kier molecular flexibility index (Phi) is 3.81. The first-order chi connectivity index (χ1) is 5.79. The molecule has 0 spiro atoms. The van der Waals surface area contributed by atoms with Crippen molar-refractivity contribution in [1.29, 1.82) is 0 Å². The van der Waals surface area contributed by atoms with Crippen molar-refractivity contribution in [1.82, 2.24) is 0 Å². The highest BCUT2D eigenvalue weighted by atomic mass is 31.0. The Bertz CT molecular complexity index is 240. The minimum Gasteiger partial charge on any atom is -0.465 e. The molecule has 68 valence electrons. The summed E-state index contributed by atoms with van der Waals surface area (Å²) in [6.07, 6.45) is 6.58. The summed E-state index contributed by atoms with van der Waals surface area (Å²) in [6.45, 7) is 4.40. The Morgan fingerprint density at radius 3 is 2.50 bits per heavy atom. The van der Waals surface area contributed by atoms with Crippen molar-refractivity contribution in [3.05, 3.63) is 17.4 Å². The summed E-state index contributed by atoms with van der Waals surface area (Å²) in [4.78, 5) is 0. The van der Waals surface area contributed by atoms with Gasteiger partial charge in [-0.2, -0.15) is 0 Å². The molecule has 0 aliphatic carbocycles. The molecule has 0 radical (unpaired) electrons. The zero-order valence-electron chi connectivity index (χ0n) is 7.89. The molecule has 0 saturated carbocycles. The van der Waals surface area contributed by atoms with E-state index in [-0.39, 0.29) is 0 Å². The molecule has 1 rings (SSSR count). The molecule has 1 aromatic rings. The minimum absolute atomic E-state index is 1.03. The third-order valence-electron chi connectivity index (χ3n) is 2.03. The van der Waals surface area contributed by atoms with Gasteiger partial charge in [0.05, 0.1) is 6.26 Å². The van der Waals surface area contributed by atoms with Gasteiger partial charge in [-0.3, -0.25) is 0 Å². The zero-order valence-corrected chi connectivity index (χ0v) is 9.05. The minimum atomic E-state index is 1.03. The summed E-state index contributed by atoms with van der Waals surface area (Å²) in [5, 5.41) is 0. The van der Waals surface area contributed by atoms with Crippen molar-refractivity contribution < 1.29 is 4.42 Å². The molecule has 0 aromatic carbocycles. The second-order valence-corrected chi connectivity index (χ2v) is 3.63. The molecular formula is C10H17OP. The van der Waals surface area contributed by atoms with Crippen LogP contribution in [0, 0.1) is 0 Å². The largest absolute Gasteiger partial charge is 0.465 e. The Labute approximate surface area is 76.7 Å². The fraction of sp³-hybridized carbons (Fsp3) is 0.600. The molecule has 0 bridgehead atoms. The molecule has 12 heavy (non-hydrogen) atoms. The Balaban J connectivity index is 2.80. The van der Waals surface area contributed by atoms with E-state index in [1.54, 1.807) is 0 Å². The van der Waals surface area contributed by atoms with E-state index in [1.165, 1.54) is 24.0 Å². The fourth-order valence-corrected chi connectivity index (χ4v) is 1.85. The summed E-state index contributed by atoms with van der Waals surface area (Å²) in [6, 6.07) is 0. The summed E-state index contributed by atoms with van der Waals surface area (Å²) in [5.41, 5.74) is 3.83. The van der Waals surface area contributed by atoms with Crippen molar-refractivity contribution in [3.63, 3.8) is 0 Å². The van der Waals surface area contributed by atoms with Crippen molar-refractivity contribution in [2.75, 3.05) is 0 Å². The van der Waals surface area contributed by atoms with Crippen molar-refractivity contribution >= 4 is 14.7 Å². The van der Waals surface area contributed by atoms with E-state index in [1.807, 2.05) is 6.26 Å². The van der Waals surface area contributed by atoms with Crippen LogP contribution in [0.2, 0.25) is 0 Å². The van der Waals surface area contributed by atoms with Gasteiger partial charge in [0, 0.05) is 5.56 Å². The van der Waals surface area contributed by atoms with Crippen molar-refractivity contribution in [2.45, 2.75) is 39.5 Å². The van der Waals surface area contributed by atoms with Crippen LogP contribution < -0.4 is 5.50 Å². The molecular weight excluding hydrogens is 167 g/mol. The van der Waals surface area contributed by atoms with E-state index >= 15 is 0 Å². The summed E-state index contributed by atoms with van der Waals surface area (Å²) < 4.78 is 5.36. The average Bonchev–Trinajstić information content (AvgIpc) is 2.37. The van der Waals surface area contributed by atoms with Gasteiger partial charge in [-0.1, -0.05) is 35.9 Å². The fourth-order valence-electron chi connectivity index (χ4n) is 1.45. The summed E-state index contributed by atoms with van der Waals surface area (Å²) in [7, 11) is 2.66. The van der Waals surface area contributed by atoms with E-state index in [0.29, 0.717) is 0 Å². The van der Waals surface area contributed by atoms with Crippen LogP contribution in [0.3, 0.4) is 0 Å². The zero-order chi connectivity index (χ0) is 8.97. The third-order valence-corrected chi connectivity index (χ3v) is 2.52. The topological polar surface area (TPSA) is 13.1 Å². The van der Waals surface area contributed by atoms with Gasteiger partial charge in [-0.05, 0) is 18.4 Å². The lowest BCUT2D eigenvalue weighted by Gasteiger charge is -1.99. The average molecular weight is 184 g/mol. The Morgan fingerprint density at radius 2 is 1.92 bits per heavy atom. The van der Waals surface area contributed by atoms with E-state index in [4.69, 9.17) is 4.42 Å². The first-order valence-corrected chi connectivity index (χ1v) is 5.22. The smallest absolute Gasteiger partial charge is 0.122 e. The lowest BCUT2D eigenvalue weighted by Crippen LogP contribution is -1.98. The van der Waals surface area contributed by atoms with Crippen LogP contribution in [-0.4, -0.2) is 0 Å². The maximum absolute atomic E-state index is 5.36. The van der Waals surface area contributed by atoms with Gasteiger partial charge in [-0.25, -0.2) is 0 Å². The molecule has 0 N–H and O–H groups in total. The highest BCUT2D eigenvalue weighted by Gasteiger charge is 2.07. The normalized spacial score (nSPS) is 10.6. The van der Waals surface area contributed by atoms with Gasteiger partial charge in [-0.15, -0.1) is 0 Å². The van der Waals surface area contributed by atoms with Gasteiger partial charge >= 0.3 is 0 Å². The van der Waals surface area contributed by atoms with Crippen molar-refractivity contribution in [3.8, 4) is 0 Å². The molecule has 1 heterocycles. The number of furan rings is 1. The van der Waals surface area contributed by atoms with Crippen LogP contribution in [0.4, 0.5) is 0 Å². The summed E-state index contributed by atoms with van der Waals surface area (Å²) in [5.74, 6) is 0. The van der Waals surface area contributed by atoms with Crippen LogP contribution in [-0.2, 0) is 12.8 Å². The number of hydrogen-bond acceptors (Lipinski definition) is 1. The van der Waals surface area contributed by atoms with Crippen LogP contribution in [0.5, 0.6) is 0 Å². The Morgan fingerprint density at radius 1 is 1.25 bits per heavy atom. The molecule has 0 aliphatic heterocycles. The predicted molar refractivity (Wildman–Crippen MR) is 56.0 cm³/mol. The Hall–Kier alpha value is -0.290. The van der Waals surface area contributed by atoms with Crippen molar-refractivity contribution in [2.24, 2.45) is 0 Å². The number of aryl methyl sites for hydroxylation is 1. The maximum Gasteiger partial charge on any atom is 0.122 e. The lowest BCUT2D eigenvalue weighted by atomic mass is 10.1. The summed E-state index contributed by atoms with van der Waals surface area (Å²) >= 11 is 0. The third kappa shape index (κ3) is 2.10. The quantitative estimate of drug-likeness (QED) is 0.656. The molecule has 2 heteroatoms. The number of rotatable bonds is 4. The highest BCUT2D eigenvalue weighted by Crippen LogP contribution is 2.14. The monoisotopic (exact) mass is 184 g/mol. The second kappa shape index (κ2) is 4.67. The molecule has 1 atom stereocenters. The molecule has 1 unspecified atom stereocenters. The lowest BCUT2D eigenvalue weighted by molar-refractivity contribution is 0.597. The maximum atomic E-state index is 5.36. The van der Waals surface area contributed by atoms with Gasteiger partial charge in [0.1, 0.15) is 5.50 Å². The van der Waals surface area contributed by atoms with E-state index < -0.39 is 0 Å². The second-order valence-electron chi connectivity index (χ2n) is 3.10. The SMILES string of the molecule is CCCc1coc(P)c1CCC. The van der Waals surface area contributed by atoms with Crippen LogP contribution in [0.15, 0.2) is 10.7 Å². The molecule has 0 fully saturated rings. The number of hydrogen-bond donors (Lipinski definition) is 0. The molecule has 1 aromatic heterocycles. The molecule has 0 amide bonds. The van der Waals surface area contributed by atoms with E-state index in [0.717, 1.165) is 18.3 Å². The van der Waals surface area contributed by atoms with Gasteiger partial charge in [0.15, 0.2) is 0 Å². The van der Waals surface area contributed by atoms with Crippen LogP contribution in [0.25, 0.3) is 0 Å². The molecule has 0 aliphatic rings. The molecule has 0 saturated heterocycles. The van der Waals surface area contributed by atoms with Gasteiger partial charge in [0.25, 0.3) is 0 Å². The van der Waals surface area contributed by atoms with E-state index in [9.17, 15) is 0 Å². The first kappa shape index (κ1) is 9.80. The van der Waals surface area contributed by atoms with Crippen LogP contribution in [0.1, 0.15) is 37.8 Å². The highest BCUT2D eigenvalue weighted by molar-refractivity contribution is 7.26. The standard InChI is InChI=1S/C10H17OP/c1-3-5-8-7-11-10(12)9(8)6-4-2/h7H,3-6,12H2,1-2H3. The van der Waals surface area contributed by atoms with Gasteiger partial charge < -0.3 is 4.42 Å². The van der Waals surface area contributed by atoms with Gasteiger partial charge in [0.2, 0.25) is 0 Å². The molecule has 1 nitrogen and oxygen atoms in total.